The third-order valence-corrected chi connectivity index (χ3v) is 6.06. The summed E-state index contributed by atoms with van der Waals surface area (Å²) in [5.74, 6) is 1.16. The van der Waals surface area contributed by atoms with Crippen molar-refractivity contribution in [1.29, 1.82) is 0 Å². The summed E-state index contributed by atoms with van der Waals surface area (Å²) < 4.78 is 16.9. The van der Waals surface area contributed by atoms with Crippen molar-refractivity contribution >= 4 is 17.6 Å². The van der Waals surface area contributed by atoms with Gasteiger partial charge >= 0.3 is 5.97 Å². The molecule has 38 heavy (non-hydrogen) atoms. The highest BCUT2D eigenvalue weighted by Gasteiger charge is 2.11. The molecular weight excluding hydrogens is 478 g/mol. The van der Waals surface area contributed by atoms with E-state index in [1.807, 2.05) is 12.1 Å². The molecule has 202 valence electrons. The molecule has 3 aromatic carbocycles. The van der Waals surface area contributed by atoms with E-state index in [9.17, 15) is 9.59 Å². The molecule has 0 spiro atoms. The van der Waals surface area contributed by atoms with Crippen molar-refractivity contribution in [2.45, 2.75) is 65.2 Å². The summed E-state index contributed by atoms with van der Waals surface area (Å²) in [6.45, 7) is 5.68. The van der Waals surface area contributed by atoms with Gasteiger partial charge in [-0.2, -0.15) is 0 Å². The SMILES string of the molecule is CCCCCCCCOc1ccc(C(=O)Oc2ccc(C(=O)Nc3ccc(OCCCC)cc3)cc2)cc1. The molecule has 3 aromatic rings. The molecule has 0 saturated heterocycles. The maximum Gasteiger partial charge on any atom is 0.343 e. The fourth-order valence-electron chi connectivity index (χ4n) is 3.77. The molecular formula is C32H39NO5. The van der Waals surface area contributed by atoms with Gasteiger partial charge in [0.25, 0.3) is 5.91 Å². The summed E-state index contributed by atoms with van der Waals surface area (Å²) in [6.07, 6.45) is 9.36. The maximum atomic E-state index is 12.6. The van der Waals surface area contributed by atoms with E-state index in [1.54, 1.807) is 60.7 Å². The fourth-order valence-corrected chi connectivity index (χ4v) is 3.77. The third kappa shape index (κ3) is 9.92. The highest BCUT2D eigenvalue weighted by molar-refractivity contribution is 6.04. The van der Waals surface area contributed by atoms with Gasteiger partial charge in [0.2, 0.25) is 0 Å². The van der Waals surface area contributed by atoms with Crippen molar-refractivity contribution in [2.75, 3.05) is 18.5 Å². The van der Waals surface area contributed by atoms with Gasteiger partial charge in [0, 0.05) is 11.3 Å². The molecule has 0 heterocycles. The second-order valence-electron chi connectivity index (χ2n) is 9.24. The van der Waals surface area contributed by atoms with Crippen LogP contribution in [-0.2, 0) is 0 Å². The molecule has 0 radical (unpaired) electrons. The van der Waals surface area contributed by atoms with Crippen LogP contribution in [0.15, 0.2) is 72.8 Å². The first-order valence-corrected chi connectivity index (χ1v) is 13.7. The Kier molecular flexibility index (Phi) is 12.2. The molecule has 0 aliphatic carbocycles. The Balaban J connectivity index is 1.43. The molecule has 0 atom stereocenters. The van der Waals surface area contributed by atoms with Gasteiger partial charge in [-0.3, -0.25) is 4.79 Å². The Hall–Kier alpha value is -3.80. The molecule has 0 unspecified atom stereocenters. The minimum atomic E-state index is -0.467. The number of nitrogens with one attached hydrogen (secondary N) is 1. The van der Waals surface area contributed by atoms with Crippen molar-refractivity contribution in [3.05, 3.63) is 83.9 Å². The lowest BCUT2D eigenvalue weighted by Gasteiger charge is -2.09. The van der Waals surface area contributed by atoms with Crippen LogP contribution in [-0.4, -0.2) is 25.1 Å². The van der Waals surface area contributed by atoms with Crippen LogP contribution >= 0.6 is 0 Å². The molecule has 1 N–H and O–H groups in total. The molecule has 1 amide bonds. The number of carbonyl (C=O) groups is 2. The Morgan fingerprint density at radius 3 is 1.71 bits per heavy atom. The number of anilines is 1. The van der Waals surface area contributed by atoms with Gasteiger partial charge in [0.05, 0.1) is 18.8 Å². The zero-order valence-corrected chi connectivity index (χ0v) is 22.5. The van der Waals surface area contributed by atoms with Crippen molar-refractivity contribution < 1.29 is 23.8 Å². The smallest absolute Gasteiger partial charge is 0.343 e. The van der Waals surface area contributed by atoms with E-state index >= 15 is 0 Å². The molecule has 0 aliphatic heterocycles. The van der Waals surface area contributed by atoms with Gasteiger partial charge in [-0.15, -0.1) is 0 Å². The monoisotopic (exact) mass is 517 g/mol. The van der Waals surface area contributed by atoms with Gasteiger partial charge in [-0.05, 0) is 85.6 Å². The molecule has 0 saturated carbocycles. The lowest BCUT2D eigenvalue weighted by molar-refractivity contribution is 0.0734. The minimum absolute atomic E-state index is 0.251. The topological polar surface area (TPSA) is 73.9 Å². The Labute approximate surface area is 226 Å². The molecule has 6 nitrogen and oxygen atoms in total. The van der Waals surface area contributed by atoms with Crippen LogP contribution in [0.25, 0.3) is 0 Å². The van der Waals surface area contributed by atoms with E-state index in [4.69, 9.17) is 14.2 Å². The zero-order valence-electron chi connectivity index (χ0n) is 22.5. The second kappa shape index (κ2) is 16.1. The summed E-state index contributed by atoms with van der Waals surface area (Å²) >= 11 is 0. The maximum absolute atomic E-state index is 12.6. The zero-order chi connectivity index (χ0) is 27.0. The number of benzene rings is 3. The fraction of sp³-hybridized carbons (Fsp3) is 0.375. The lowest BCUT2D eigenvalue weighted by Crippen LogP contribution is -2.12. The Bertz CT molecular complexity index is 1110. The van der Waals surface area contributed by atoms with Gasteiger partial charge in [-0.25, -0.2) is 4.79 Å². The van der Waals surface area contributed by atoms with E-state index in [-0.39, 0.29) is 5.91 Å². The first-order valence-electron chi connectivity index (χ1n) is 13.7. The van der Waals surface area contributed by atoms with E-state index < -0.39 is 5.97 Å². The first-order chi connectivity index (χ1) is 18.6. The van der Waals surface area contributed by atoms with Crippen LogP contribution in [0.4, 0.5) is 5.69 Å². The molecule has 3 rings (SSSR count). The lowest BCUT2D eigenvalue weighted by atomic mass is 10.1. The number of hydrogen-bond acceptors (Lipinski definition) is 5. The van der Waals surface area contributed by atoms with Crippen LogP contribution in [0.2, 0.25) is 0 Å². The largest absolute Gasteiger partial charge is 0.494 e. The average molecular weight is 518 g/mol. The number of ether oxygens (including phenoxy) is 3. The number of esters is 1. The average Bonchev–Trinajstić information content (AvgIpc) is 2.94. The predicted octanol–water partition coefficient (Wildman–Crippen LogP) is 8.08. The van der Waals surface area contributed by atoms with Crippen LogP contribution < -0.4 is 19.5 Å². The standard InChI is InChI=1S/C32H39NO5/c1-3-5-7-8-9-10-24-37-28-17-13-26(14-18-28)32(35)38-30-19-11-25(12-20-30)31(34)33-27-15-21-29(22-16-27)36-23-6-4-2/h11-22H,3-10,23-24H2,1-2H3,(H,33,34). The van der Waals surface area contributed by atoms with Crippen LogP contribution in [0, 0.1) is 0 Å². The highest BCUT2D eigenvalue weighted by Crippen LogP contribution is 2.20. The molecule has 6 heteroatoms. The third-order valence-electron chi connectivity index (χ3n) is 6.06. The van der Waals surface area contributed by atoms with Gasteiger partial charge in [-0.1, -0.05) is 52.4 Å². The van der Waals surface area contributed by atoms with Crippen molar-refractivity contribution in [1.82, 2.24) is 0 Å². The quantitative estimate of drug-likeness (QED) is 0.118. The van der Waals surface area contributed by atoms with Crippen molar-refractivity contribution in [2.24, 2.45) is 0 Å². The number of unbranched alkanes of at least 4 members (excludes halogenated alkanes) is 6. The van der Waals surface area contributed by atoms with Gasteiger partial charge < -0.3 is 19.5 Å². The summed E-state index contributed by atoms with van der Waals surface area (Å²) in [5.41, 5.74) is 1.56. The molecule has 0 fully saturated rings. The number of carbonyl (C=O) groups excluding carboxylic acids is 2. The number of amides is 1. The molecule has 0 aromatic heterocycles. The van der Waals surface area contributed by atoms with Gasteiger partial charge in [0.1, 0.15) is 17.2 Å². The van der Waals surface area contributed by atoms with E-state index in [0.29, 0.717) is 35.8 Å². The normalized spacial score (nSPS) is 10.6. The Morgan fingerprint density at radius 1 is 0.579 bits per heavy atom. The summed E-state index contributed by atoms with van der Waals surface area (Å²) in [4.78, 5) is 25.1. The molecule has 0 bridgehead atoms. The summed E-state index contributed by atoms with van der Waals surface area (Å²) in [6, 6.07) is 20.7. The van der Waals surface area contributed by atoms with Crippen LogP contribution in [0.3, 0.4) is 0 Å². The van der Waals surface area contributed by atoms with Gasteiger partial charge in [0.15, 0.2) is 0 Å². The van der Waals surface area contributed by atoms with Crippen molar-refractivity contribution in [3.63, 3.8) is 0 Å². The van der Waals surface area contributed by atoms with Crippen molar-refractivity contribution in [3.8, 4) is 17.2 Å². The number of hydrogen-bond donors (Lipinski definition) is 1. The van der Waals surface area contributed by atoms with E-state index in [0.717, 1.165) is 30.8 Å². The Morgan fingerprint density at radius 2 is 1.08 bits per heavy atom. The first kappa shape index (κ1) is 28.8. The van der Waals surface area contributed by atoms with Crippen LogP contribution in [0.5, 0.6) is 17.2 Å². The van der Waals surface area contributed by atoms with E-state index in [2.05, 4.69) is 19.2 Å². The molecule has 0 aliphatic rings. The van der Waals surface area contributed by atoms with E-state index in [1.165, 1.54) is 32.1 Å². The number of rotatable bonds is 16. The second-order valence-corrected chi connectivity index (χ2v) is 9.24. The highest BCUT2D eigenvalue weighted by atomic mass is 16.5. The minimum Gasteiger partial charge on any atom is -0.494 e. The summed E-state index contributed by atoms with van der Waals surface area (Å²) in [5, 5.41) is 2.86. The van der Waals surface area contributed by atoms with Crippen LogP contribution in [0.1, 0.15) is 85.9 Å². The predicted molar refractivity (Wildman–Crippen MR) is 152 cm³/mol. The summed E-state index contributed by atoms with van der Waals surface area (Å²) in [7, 11) is 0.